The highest BCUT2D eigenvalue weighted by atomic mass is 16.5. The number of ether oxygens (including phenoxy) is 1. The molecule has 3 heterocycles. The fraction of sp³-hybridized carbons (Fsp3) is 1.00. The third kappa shape index (κ3) is 3.02. The van der Waals surface area contributed by atoms with Crippen LogP contribution in [-0.2, 0) is 4.74 Å². The Kier molecular flexibility index (Phi) is 4.25. The van der Waals surface area contributed by atoms with Gasteiger partial charge < -0.3 is 10.1 Å². The fourth-order valence-electron chi connectivity index (χ4n) is 5.37. The van der Waals surface area contributed by atoms with Gasteiger partial charge in [-0.05, 0) is 51.5 Å². The largest absolute Gasteiger partial charge is 0.370 e. The number of piperidine rings is 1. The Balaban J connectivity index is 1.26. The van der Waals surface area contributed by atoms with E-state index >= 15 is 0 Å². The first-order valence-corrected chi connectivity index (χ1v) is 9.50. The molecule has 3 unspecified atom stereocenters. The lowest BCUT2D eigenvalue weighted by Crippen LogP contribution is -2.47. The molecule has 4 rings (SSSR count). The summed E-state index contributed by atoms with van der Waals surface area (Å²) in [6.07, 6.45) is 15.5. The summed E-state index contributed by atoms with van der Waals surface area (Å²) in [7, 11) is 0. The molecule has 4 fully saturated rings. The monoisotopic (exact) mass is 292 g/mol. The second-order valence-corrected chi connectivity index (χ2v) is 7.92. The van der Waals surface area contributed by atoms with Crippen LogP contribution in [0.2, 0.25) is 0 Å². The van der Waals surface area contributed by atoms with Crippen molar-refractivity contribution in [1.82, 2.24) is 10.2 Å². The van der Waals surface area contributed by atoms with Gasteiger partial charge in [0.15, 0.2) is 0 Å². The molecular formula is C18H32N2O. The average molecular weight is 292 g/mol. The van der Waals surface area contributed by atoms with Crippen LogP contribution in [0, 0.1) is 0 Å². The number of hydrogen-bond acceptors (Lipinski definition) is 3. The van der Waals surface area contributed by atoms with Crippen molar-refractivity contribution in [2.45, 2.75) is 94.4 Å². The predicted molar refractivity (Wildman–Crippen MR) is 85.5 cm³/mol. The van der Waals surface area contributed by atoms with Gasteiger partial charge in [-0.3, -0.25) is 4.90 Å². The van der Waals surface area contributed by atoms with E-state index < -0.39 is 0 Å². The molecule has 4 aliphatic rings. The molecule has 0 aromatic carbocycles. The summed E-state index contributed by atoms with van der Waals surface area (Å²) in [6, 6.07) is 1.56. The second-order valence-electron chi connectivity index (χ2n) is 7.92. The quantitative estimate of drug-likeness (QED) is 0.865. The highest BCUT2D eigenvalue weighted by molar-refractivity contribution is 4.96. The van der Waals surface area contributed by atoms with Gasteiger partial charge in [0.1, 0.15) is 0 Å². The van der Waals surface area contributed by atoms with E-state index in [2.05, 4.69) is 10.2 Å². The molecule has 0 radical (unpaired) electrons. The molecular weight excluding hydrogens is 260 g/mol. The van der Waals surface area contributed by atoms with Crippen molar-refractivity contribution in [3.05, 3.63) is 0 Å². The Morgan fingerprint density at radius 3 is 2.71 bits per heavy atom. The lowest BCUT2D eigenvalue weighted by Gasteiger charge is -2.34. The molecule has 3 nitrogen and oxygen atoms in total. The van der Waals surface area contributed by atoms with Gasteiger partial charge in [0.2, 0.25) is 0 Å². The lowest BCUT2D eigenvalue weighted by molar-refractivity contribution is -0.0632. The van der Waals surface area contributed by atoms with Crippen LogP contribution in [0.25, 0.3) is 0 Å². The van der Waals surface area contributed by atoms with E-state index in [0.29, 0.717) is 6.10 Å². The van der Waals surface area contributed by atoms with Crippen LogP contribution < -0.4 is 5.32 Å². The van der Waals surface area contributed by atoms with Gasteiger partial charge in [-0.1, -0.05) is 25.7 Å². The minimum atomic E-state index is 0.289. The Morgan fingerprint density at radius 2 is 1.81 bits per heavy atom. The molecule has 1 aliphatic carbocycles. The minimum absolute atomic E-state index is 0.289. The zero-order valence-corrected chi connectivity index (χ0v) is 13.5. The predicted octanol–water partition coefficient (Wildman–Crippen LogP) is 3.08. The summed E-state index contributed by atoms with van der Waals surface area (Å²) in [5, 5.41) is 3.88. The van der Waals surface area contributed by atoms with Crippen LogP contribution in [0.15, 0.2) is 0 Å². The molecule has 21 heavy (non-hydrogen) atoms. The lowest BCUT2D eigenvalue weighted by atomic mass is 9.83. The van der Waals surface area contributed by atoms with Gasteiger partial charge in [-0.15, -0.1) is 0 Å². The van der Waals surface area contributed by atoms with Gasteiger partial charge in [-0.2, -0.15) is 0 Å². The van der Waals surface area contributed by atoms with Crippen LogP contribution in [-0.4, -0.2) is 48.3 Å². The van der Waals surface area contributed by atoms with Crippen molar-refractivity contribution in [1.29, 1.82) is 0 Å². The van der Waals surface area contributed by atoms with E-state index in [9.17, 15) is 0 Å². The second kappa shape index (κ2) is 6.17. The van der Waals surface area contributed by atoms with E-state index in [4.69, 9.17) is 4.74 Å². The maximum Gasteiger partial charge on any atom is 0.0708 e. The van der Waals surface area contributed by atoms with Crippen LogP contribution in [0.5, 0.6) is 0 Å². The first kappa shape index (κ1) is 14.5. The SMILES string of the molecule is C1CCC2(CC1)CCC(CNC1CCN3CCCCC13)O2. The fourth-order valence-corrected chi connectivity index (χ4v) is 5.37. The third-order valence-electron chi connectivity index (χ3n) is 6.57. The average Bonchev–Trinajstić information content (AvgIpc) is 3.11. The number of rotatable bonds is 3. The highest BCUT2D eigenvalue weighted by Gasteiger charge is 2.41. The molecule has 1 saturated carbocycles. The summed E-state index contributed by atoms with van der Waals surface area (Å²) in [4.78, 5) is 2.72. The third-order valence-corrected chi connectivity index (χ3v) is 6.57. The normalized spacial score (nSPS) is 39.7. The zero-order valence-electron chi connectivity index (χ0n) is 13.5. The first-order chi connectivity index (χ1) is 10.3. The Bertz CT molecular complexity index is 353. The molecule has 3 atom stereocenters. The molecule has 1 spiro atoms. The van der Waals surface area contributed by atoms with Crippen molar-refractivity contribution in [2.24, 2.45) is 0 Å². The summed E-state index contributed by atoms with van der Waals surface area (Å²) in [5.74, 6) is 0. The number of fused-ring (bicyclic) bond motifs is 1. The molecule has 0 bridgehead atoms. The van der Waals surface area contributed by atoms with E-state index in [1.165, 1.54) is 83.7 Å². The smallest absolute Gasteiger partial charge is 0.0708 e. The molecule has 0 amide bonds. The summed E-state index contributed by atoms with van der Waals surface area (Å²) >= 11 is 0. The van der Waals surface area contributed by atoms with E-state index in [0.717, 1.165) is 18.6 Å². The molecule has 0 aromatic heterocycles. The standard InChI is InChI=1S/C18H32N2O/c1-3-9-18(10-4-1)11-7-15(21-18)14-19-16-8-13-20-12-5-2-6-17(16)20/h15-17,19H,1-14H2. The maximum absolute atomic E-state index is 6.51. The van der Waals surface area contributed by atoms with Gasteiger partial charge in [-0.25, -0.2) is 0 Å². The molecule has 1 N–H and O–H groups in total. The summed E-state index contributed by atoms with van der Waals surface area (Å²) in [6.45, 7) is 3.75. The molecule has 3 saturated heterocycles. The van der Waals surface area contributed by atoms with E-state index in [-0.39, 0.29) is 5.60 Å². The first-order valence-electron chi connectivity index (χ1n) is 9.50. The van der Waals surface area contributed by atoms with Crippen LogP contribution in [0.1, 0.15) is 70.6 Å². The van der Waals surface area contributed by atoms with Crippen LogP contribution >= 0.6 is 0 Å². The number of hydrogen-bond donors (Lipinski definition) is 1. The highest BCUT2D eigenvalue weighted by Crippen LogP contribution is 2.41. The minimum Gasteiger partial charge on any atom is -0.370 e. The van der Waals surface area contributed by atoms with Crippen molar-refractivity contribution < 1.29 is 4.74 Å². The molecule has 0 aromatic rings. The van der Waals surface area contributed by atoms with E-state index in [1.807, 2.05) is 0 Å². The molecule has 120 valence electrons. The number of nitrogens with zero attached hydrogens (tertiary/aromatic N) is 1. The van der Waals surface area contributed by atoms with Gasteiger partial charge in [0, 0.05) is 25.2 Å². The topological polar surface area (TPSA) is 24.5 Å². The Morgan fingerprint density at radius 1 is 0.905 bits per heavy atom. The van der Waals surface area contributed by atoms with Gasteiger partial charge in [0.05, 0.1) is 11.7 Å². The van der Waals surface area contributed by atoms with Crippen molar-refractivity contribution >= 4 is 0 Å². The van der Waals surface area contributed by atoms with Gasteiger partial charge >= 0.3 is 0 Å². The summed E-state index contributed by atoms with van der Waals surface area (Å²) in [5.41, 5.74) is 0.289. The molecule has 3 aliphatic heterocycles. The van der Waals surface area contributed by atoms with E-state index in [1.54, 1.807) is 0 Å². The number of nitrogens with one attached hydrogen (secondary N) is 1. The maximum atomic E-state index is 6.51. The van der Waals surface area contributed by atoms with Crippen LogP contribution in [0.3, 0.4) is 0 Å². The Labute approximate surface area is 129 Å². The molecule has 3 heteroatoms. The van der Waals surface area contributed by atoms with Crippen molar-refractivity contribution in [3.8, 4) is 0 Å². The van der Waals surface area contributed by atoms with Crippen molar-refractivity contribution in [3.63, 3.8) is 0 Å². The van der Waals surface area contributed by atoms with Crippen LogP contribution in [0.4, 0.5) is 0 Å². The van der Waals surface area contributed by atoms with Gasteiger partial charge in [0.25, 0.3) is 0 Å². The summed E-state index contributed by atoms with van der Waals surface area (Å²) < 4.78 is 6.51. The zero-order chi connectivity index (χ0) is 14.1. The Hall–Kier alpha value is -0.120. The van der Waals surface area contributed by atoms with Crippen molar-refractivity contribution in [2.75, 3.05) is 19.6 Å².